The second kappa shape index (κ2) is 9.76. The van der Waals surface area contributed by atoms with Crippen molar-refractivity contribution < 1.29 is 14.3 Å². The third kappa shape index (κ3) is 5.09. The summed E-state index contributed by atoms with van der Waals surface area (Å²) in [6.45, 7) is 7.87. The molecule has 0 aliphatic carbocycles. The molecular weight excluding hydrogens is 340 g/mol. The van der Waals surface area contributed by atoms with Crippen LogP contribution >= 0.6 is 0 Å². The van der Waals surface area contributed by atoms with E-state index >= 15 is 0 Å². The third-order valence-corrected chi connectivity index (χ3v) is 4.40. The second-order valence-electron chi connectivity index (χ2n) is 6.21. The summed E-state index contributed by atoms with van der Waals surface area (Å²) in [5.74, 6) is 0.148. The van der Waals surface area contributed by atoms with Gasteiger partial charge >= 0.3 is 0 Å². The summed E-state index contributed by atoms with van der Waals surface area (Å²) in [6.07, 6.45) is 1.65. The van der Waals surface area contributed by atoms with Crippen molar-refractivity contribution in [3.8, 4) is 5.75 Å². The number of nitrogens with zero attached hydrogens (tertiary/aromatic N) is 1. The van der Waals surface area contributed by atoms with E-state index in [0.717, 1.165) is 29.7 Å². The molecule has 0 heterocycles. The molecule has 0 unspecified atom stereocenters. The zero-order valence-corrected chi connectivity index (χ0v) is 16.5. The molecule has 0 saturated heterocycles. The van der Waals surface area contributed by atoms with E-state index in [1.807, 2.05) is 37.3 Å². The Morgan fingerprint density at radius 2 is 1.59 bits per heavy atom. The van der Waals surface area contributed by atoms with Gasteiger partial charge in [-0.15, -0.1) is 0 Å². The molecule has 0 fully saturated rings. The molecule has 2 aromatic rings. The van der Waals surface area contributed by atoms with Crippen LogP contribution in [0, 0.1) is 0 Å². The van der Waals surface area contributed by atoms with Gasteiger partial charge in [-0.3, -0.25) is 14.5 Å². The van der Waals surface area contributed by atoms with E-state index in [4.69, 9.17) is 4.74 Å². The number of hydrogen-bond acceptors (Lipinski definition) is 3. The first-order valence-electron chi connectivity index (χ1n) is 9.42. The molecule has 27 heavy (non-hydrogen) atoms. The van der Waals surface area contributed by atoms with Crippen molar-refractivity contribution >= 4 is 23.2 Å². The molecule has 2 amide bonds. The number of nitrogens with one attached hydrogen (secondary N) is 1. The van der Waals surface area contributed by atoms with Crippen LogP contribution in [0.1, 0.15) is 38.8 Å². The first kappa shape index (κ1) is 20.5. The fraction of sp³-hybridized carbons (Fsp3) is 0.364. The molecule has 2 aromatic carbocycles. The minimum atomic E-state index is -0.230. The van der Waals surface area contributed by atoms with Gasteiger partial charge in [0.15, 0.2) is 0 Å². The standard InChI is InChI=1S/C22H28N2O3/c1-5-17-11-10-12-18(6-2)22(17)23-21(26)15-24(16(4)25)19-13-8-9-14-20(19)27-7-3/h8-14H,5-7,15H2,1-4H3,(H,23,26). The van der Waals surface area contributed by atoms with E-state index in [1.165, 1.54) is 11.8 Å². The Kier molecular flexibility index (Phi) is 7.41. The van der Waals surface area contributed by atoms with Crippen LogP contribution in [0.3, 0.4) is 0 Å². The van der Waals surface area contributed by atoms with Gasteiger partial charge in [0.2, 0.25) is 11.8 Å². The van der Waals surface area contributed by atoms with Gasteiger partial charge in [-0.25, -0.2) is 0 Å². The highest BCUT2D eigenvalue weighted by molar-refractivity contribution is 6.03. The Hall–Kier alpha value is -2.82. The summed E-state index contributed by atoms with van der Waals surface area (Å²) < 4.78 is 5.62. The number of anilines is 2. The van der Waals surface area contributed by atoms with E-state index in [0.29, 0.717) is 18.0 Å². The summed E-state index contributed by atoms with van der Waals surface area (Å²) in [6, 6.07) is 13.3. The van der Waals surface area contributed by atoms with Crippen molar-refractivity contribution in [1.82, 2.24) is 0 Å². The van der Waals surface area contributed by atoms with Gasteiger partial charge in [0.25, 0.3) is 0 Å². The number of carbonyl (C=O) groups is 2. The van der Waals surface area contributed by atoms with Gasteiger partial charge in [0, 0.05) is 12.6 Å². The first-order chi connectivity index (χ1) is 13.0. The maximum Gasteiger partial charge on any atom is 0.244 e. The molecule has 0 aliphatic rings. The average Bonchev–Trinajstić information content (AvgIpc) is 2.67. The number of ether oxygens (including phenoxy) is 1. The van der Waals surface area contributed by atoms with E-state index in [-0.39, 0.29) is 18.4 Å². The molecule has 0 spiro atoms. The first-order valence-corrected chi connectivity index (χ1v) is 9.42. The highest BCUT2D eigenvalue weighted by Crippen LogP contribution is 2.28. The predicted octanol–water partition coefficient (Wildman–Crippen LogP) is 4.20. The topological polar surface area (TPSA) is 58.6 Å². The van der Waals surface area contributed by atoms with Crippen LogP contribution in [0.4, 0.5) is 11.4 Å². The quantitative estimate of drug-likeness (QED) is 0.760. The van der Waals surface area contributed by atoms with Crippen molar-refractivity contribution in [2.45, 2.75) is 40.5 Å². The summed E-state index contributed by atoms with van der Waals surface area (Å²) >= 11 is 0. The molecule has 0 saturated carbocycles. The number of para-hydroxylation sites is 3. The number of benzene rings is 2. The molecule has 0 bridgehead atoms. The van der Waals surface area contributed by atoms with Crippen LogP contribution in [-0.2, 0) is 22.4 Å². The summed E-state index contributed by atoms with van der Waals surface area (Å²) in [5.41, 5.74) is 3.63. The van der Waals surface area contributed by atoms with Crippen LogP contribution in [-0.4, -0.2) is 25.0 Å². The Morgan fingerprint density at radius 1 is 0.963 bits per heavy atom. The normalized spacial score (nSPS) is 10.4. The fourth-order valence-corrected chi connectivity index (χ4v) is 3.05. The maximum atomic E-state index is 12.8. The Labute approximate surface area is 161 Å². The molecule has 2 rings (SSSR count). The lowest BCUT2D eigenvalue weighted by Crippen LogP contribution is -2.37. The minimum Gasteiger partial charge on any atom is -0.492 e. The number of amides is 2. The average molecular weight is 368 g/mol. The molecule has 0 aliphatic heterocycles. The highest BCUT2D eigenvalue weighted by Gasteiger charge is 2.20. The molecule has 5 heteroatoms. The van der Waals surface area contributed by atoms with Crippen LogP contribution in [0.5, 0.6) is 5.75 Å². The van der Waals surface area contributed by atoms with E-state index in [2.05, 4.69) is 19.2 Å². The monoisotopic (exact) mass is 368 g/mol. The molecule has 5 nitrogen and oxygen atoms in total. The van der Waals surface area contributed by atoms with Crippen molar-refractivity contribution in [1.29, 1.82) is 0 Å². The SMILES string of the molecule is CCOc1ccccc1N(CC(=O)Nc1c(CC)cccc1CC)C(C)=O. The number of carbonyl (C=O) groups excluding carboxylic acids is 2. The van der Waals surface area contributed by atoms with Gasteiger partial charge in [-0.05, 0) is 43.0 Å². The summed E-state index contributed by atoms with van der Waals surface area (Å²) in [4.78, 5) is 26.4. The Morgan fingerprint density at radius 3 is 2.15 bits per heavy atom. The van der Waals surface area contributed by atoms with Crippen molar-refractivity contribution in [2.75, 3.05) is 23.4 Å². The minimum absolute atomic E-state index is 0.0688. The van der Waals surface area contributed by atoms with Crippen LogP contribution in [0.25, 0.3) is 0 Å². The predicted molar refractivity (Wildman–Crippen MR) is 109 cm³/mol. The fourth-order valence-electron chi connectivity index (χ4n) is 3.05. The number of hydrogen-bond donors (Lipinski definition) is 1. The summed E-state index contributed by atoms with van der Waals surface area (Å²) in [7, 11) is 0. The summed E-state index contributed by atoms with van der Waals surface area (Å²) in [5, 5.41) is 3.01. The smallest absolute Gasteiger partial charge is 0.244 e. The zero-order valence-electron chi connectivity index (χ0n) is 16.5. The largest absolute Gasteiger partial charge is 0.492 e. The maximum absolute atomic E-state index is 12.8. The van der Waals surface area contributed by atoms with Crippen LogP contribution in [0.2, 0.25) is 0 Å². The Bertz CT molecular complexity index is 780. The lowest BCUT2D eigenvalue weighted by atomic mass is 10.0. The number of rotatable bonds is 8. The lowest BCUT2D eigenvalue weighted by molar-refractivity contribution is -0.120. The van der Waals surface area contributed by atoms with E-state index in [1.54, 1.807) is 12.1 Å². The van der Waals surface area contributed by atoms with Gasteiger partial charge in [-0.2, -0.15) is 0 Å². The second-order valence-corrected chi connectivity index (χ2v) is 6.21. The molecule has 0 atom stereocenters. The molecule has 0 aromatic heterocycles. The molecule has 1 N–H and O–H groups in total. The van der Waals surface area contributed by atoms with E-state index < -0.39 is 0 Å². The molecule has 144 valence electrons. The van der Waals surface area contributed by atoms with Gasteiger partial charge in [0.1, 0.15) is 12.3 Å². The third-order valence-electron chi connectivity index (χ3n) is 4.40. The molecule has 0 radical (unpaired) electrons. The lowest BCUT2D eigenvalue weighted by Gasteiger charge is -2.24. The van der Waals surface area contributed by atoms with Crippen molar-refractivity contribution in [3.05, 3.63) is 53.6 Å². The highest BCUT2D eigenvalue weighted by atomic mass is 16.5. The van der Waals surface area contributed by atoms with Crippen LogP contribution in [0.15, 0.2) is 42.5 Å². The molecular formula is C22H28N2O3. The van der Waals surface area contributed by atoms with Gasteiger partial charge in [0.05, 0.1) is 12.3 Å². The van der Waals surface area contributed by atoms with Crippen molar-refractivity contribution in [3.63, 3.8) is 0 Å². The van der Waals surface area contributed by atoms with Crippen LogP contribution < -0.4 is 15.0 Å². The Balaban J connectivity index is 2.26. The van der Waals surface area contributed by atoms with Gasteiger partial charge < -0.3 is 10.1 Å². The number of aryl methyl sites for hydroxylation is 2. The van der Waals surface area contributed by atoms with Gasteiger partial charge in [-0.1, -0.05) is 44.2 Å². The zero-order chi connectivity index (χ0) is 19.8. The van der Waals surface area contributed by atoms with Crippen molar-refractivity contribution in [2.24, 2.45) is 0 Å². The van der Waals surface area contributed by atoms with E-state index in [9.17, 15) is 9.59 Å².